The molecule has 2 aliphatic rings. The molecule has 176 valence electrons. The number of hydrogen-bond donors (Lipinski definition) is 3. The Morgan fingerprint density at radius 3 is 2.06 bits per heavy atom. The largest absolute Gasteiger partial charge is 0.394 e. The summed E-state index contributed by atoms with van der Waals surface area (Å²) >= 11 is 0. The van der Waals surface area contributed by atoms with E-state index in [-0.39, 0.29) is 5.41 Å². The number of fused-ring (bicyclic) bond motifs is 1. The van der Waals surface area contributed by atoms with E-state index in [0.717, 1.165) is 42.5 Å². The first-order chi connectivity index (χ1) is 14.8. The maximum absolute atomic E-state index is 13.4. The van der Waals surface area contributed by atoms with Crippen LogP contribution >= 0.6 is 0 Å². The summed E-state index contributed by atoms with van der Waals surface area (Å²) in [6, 6.07) is 14.8. The zero-order valence-corrected chi connectivity index (χ0v) is 19.7. The first kappa shape index (κ1) is 24.7. The minimum Gasteiger partial charge on any atom is -0.390 e. The third-order valence-electron chi connectivity index (χ3n) is 6.65. The van der Waals surface area contributed by atoms with Gasteiger partial charge in [0.25, 0.3) is 10.0 Å². The van der Waals surface area contributed by atoms with Crippen LogP contribution in [0, 0.1) is 12.3 Å². The lowest BCUT2D eigenvalue weighted by Crippen LogP contribution is -2.44. The van der Waals surface area contributed by atoms with Crippen LogP contribution in [0.1, 0.15) is 43.7 Å². The minimum atomic E-state index is -4.67. The first-order valence-corrected chi connectivity index (χ1v) is 13.2. The highest BCUT2D eigenvalue weighted by Gasteiger charge is 2.52. The number of aliphatic hydroxyl groups is 1. The van der Waals surface area contributed by atoms with Crippen molar-refractivity contribution in [3.8, 4) is 0 Å². The van der Waals surface area contributed by atoms with Gasteiger partial charge in [0.1, 0.15) is 0 Å². The van der Waals surface area contributed by atoms with Gasteiger partial charge in [-0.1, -0.05) is 35.9 Å². The van der Waals surface area contributed by atoms with Gasteiger partial charge in [-0.3, -0.25) is 13.4 Å². The number of sulfonamides is 1. The van der Waals surface area contributed by atoms with Gasteiger partial charge in [0, 0.05) is 12.0 Å². The molecule has 0 radical (unpaired) electrons. The van der Waals surface area contributed by atoms with E-state index in [1.54, 1.807) is 16.4 Å². The lowest BCUT2D eigenvalue weighted by atomic mass is 9.69. The van der Waals surface area contributed by atoms with Gasteiger partial charge in [0.15, 0.2) is 0 Å². The molecule has 10 heteroatoms. The smallest absolute Gasteiger partial charge is 0.390 e. The molecule has 1 saturated carbocycles. The van der Waals surface area contributed by atoms with Crippen LogP contribution in [-0.4, -0.2) is 43.2 Å². The van der Waals surface area contributed by atoms with E-state index < -0.39 is 26.0 Å². The van der Waals surface area contributed by atoms with Crippen molar-refractivity contribution in [2.24, 2.45) is 5.41 Å². The molecule has 2 atom stereocenters. The van der Waals surface area contributed by atoms with Crippen molar-refractivity contribution in [2.45, 2.75) is 56.4 Å². The number of benzene rings is 2. The maximum atomic E-state index is 13.4. The minimum absolute atomic E-state index is 0.263. The molecule has 1 heterocycles. The van der Waals surface area contributed by atoms with Gasteiger partial charge in [-0.2, -0.15) is 8.42 Å². The van der Waals surface area contributed by atoms with Crippen molar-refractivity contribution in [3.63, 3.8) is 0 Å². The molecular weight excluding hydrogens is 454 g/mol. The SMILES string of the molecule is Cc1ccc(S(=O)(=O)N2CCC3(CCCC3(C)O)Cc3ccccc32)cc1.O=S(=O)(O)O. The summed E-state index contributed by atoms with van der Waals surface area (Å²) in [5.41, 5.74) is 1.77. The van der Waals surface area contributed by atoms with E-state index in [4.69, 9.17) is 17.5 Å². The Morgan fingerprint density at radius 1 is 0.906 bits per heavy atom. The lowest BCUT2D eigenvalue weighted by Gasteiger charge is -2.40. The molecule has 0 saturated heterocycles. The molecule has 2 aromatic rings. The van der Waals surface area contributed by atoms with Crippen LogP contribution in [0.5, 0.6) is 0 Å². The van der Waals surface area contributed by atoms with E-state index in [1.807, 2.05) is 50.2 Å². The fourth-order valence-corrected chi connectivity index (χ4v) is 6.36. The van der Waals surface area contributed by atoms with E-state index >= 15 is 0 Å². The highest BCUT2D eigenvalue weighted by molar-refractivity contribution is 7.92. The lowest BCUT2D eigenvalue weighted by molar-refractivity contribution is -0.0483. The summed E-state index contributed by atoms with van der Waals surface area (Å²) in [7, 11) is -8.31. The number of anilines is 1. The quantitative estimate of drug-likeness (QED) is 0.558. The van der Waals surface area contributed by atoms with E-state index in [1.165, 1.54) is 0 Å². The van der Waals surface area contributed by atoms with Crippen LogP contribution in [0.25, 0.3) is 0 Å². The molecule has 1 aliphatic heterocycles. The second kappa shape index (κ2) is 8.75. The summed E-state index contributed by atoms with van der Waals surface area (Å²) in [6.07, 6.45) is 4.09. The molecule has 1 spiro atoms. The average Bonchev–Trinajstić information content (AvgIpc) is 2.85. The van der Waals surface area contributed by atoms with E-state index in [9.17, 15) is 13.5 Å². The average molecular weight is 484 g/mol. The van der Waals surface area contributed by atoms with Crippen molar-refractivity contribution in [3.05, 3.63) is 59.7 Å². The van der Waals surface area contributed by atoms with Gasteiger partial charge >= 0.3 is 10.4 Å². The van der Waals surface area contributed by atoms with Gasteiger partial charge in [-0.25, -0.2) is 8.42 Å². The van der Waals surface area contributed by atoms with Crippen LogP contribution < -0.4 is 4.31 Å². The van der Waals surface area contributed by atoms with Gasteiger partial charge in [0.2, 0.25) is 0 Å². The van der Waals surface area contributed by atoms with Crippen molar-refractivity contribution in [1.82, 2.24) is 0 Å². The Bertz CT molecular complexity index is 1170. The Hall–Kier alpha value is -1.98. The van der Waals surface area contributed by atoms with Crippen molar-refractivity contribution >= 4 is 26.1 Å². The van der Waals surface area contributed by atoms with Crippen LogP contribution in [0.3, 0.4) is 0 Å². The highest BCUT2D eigenvalue weighted by atomic mass is 32.3. The standard InChI is InChI=1S/C22H27NO3S.H2O4S/c1-17-8-10-19(11-9-17)27(25,26)23-15-14-22(13-5-12-21(22,2)24)16-18-6-3-4-7-20(18)23;1-5(2,3)4/h3-4,6-11,24H,5,12-16H2,1-2H3;(H2,1,2,3,4). The topological polar surface area (TPSA) is 132 Å². The molecule has 0 amide bonds. The molecule has 0 bridgehead atoms. The second-order valence-corrected chi connectivity index (χ2v) is 11.6. The van der Waals surface area contributed by atoms with Gasteiger partial charge in [-0.15, -0.1) is 0 Å². The second-order valence-electron chi connectivity index (χ2n) is 8.80. The van der Waals surface area contributed by atoms with Gasteiger partial charge in [0.05, 0.1) is 16.2 Å². The van der Waals surface area contributed by atoms with Gasteiger partial charge in [-0.05, 0) is 69.7 Å². The van der Waals surface area contributed by atoms with E-state index in [2.05, 4.69) is 0 Å². The summed E-state index contributed by atoms with van der Waals surface area (Å²) in [5, 5.41) is 11.1. The Kier molecular flexibility index (Phi) is 6.74. The third kappa shape index (κ3) is 5.15. The van der Waals surface area contributed by atoms with Crippen molar-refractivity contribution in [2.75, 3.05) is 10.8 Å². The fraction of sp³-hybridized carbons (Fsp3) is 0.455. The predicted molar refractivity (Wildman–Crippen MR) is 122 cm³/mol. The number of para-hydroxylation sites is 1. The van der Waals surface area contributed by atoms with Crippen LogP contribution in [-0.2, 0) is 26.8 Å². The molecule has 2 aromatic carbocycles. The molecule has 1 aliphatic carbocycles. The third-order valence-corrected chi connectivity index (χ3v) is 8.48. The van der Waals surface area contributed by atoms with Crippen LogP contribution in [0.4, 0.5) is 5.69 Å². The number of nitrogens with zero attached hydrogens (tertiary/aromatic N) is 1. The number of hydrogen-bond acceptors (Lipinski definition) is 5. The Balaban J connectivity index is 0.000000523. The molecule has 0 aromatic heterocycles. The molecule has 32 heavy (non-hydrogen) atoms. The summed E-state index contributed by atoms with van der Waals surface area (Å²) < 4.78 is 60.0. The van der Waals surface area contributed by atoms with Crippen LogP contribution in [0.15, 0.2) is 53.4 Å². The summed E-state index contributed by atoms with van der Waals surface area (Å²) in [5.74, 6) is 0. The van der Waals surface area contributed by atoms with Gasteiger partial charge < -0.3 is 5.11 Å². The zero-order valence-electron chi connectivity index (χ0n) is 18.1. The molecule has 2 unspecified atom stereocenters. The molecule has 1 fully saturated rings. The fourth-order valence-electron chi connectivity index (χ4n) is 4.86. The first-order valence-electron chi connectivity index (χ1n) is 10.3. The Morgan fingerprint density at radius 2 is 1.50 bits per heavy atom. The monoisotopic (exact) mass is 483 g/mol. The summed E-state index contributed by atoms with van der Waals surface area (Å²) in [6.45, 7) is 4.26. The molecule has 3 N–H and O–H groups in total. The molecular formula is C22H29NO7S2. The number of aryl methyl sites for hydroxylation is 1. The van der Waals surface area contributed by atoms with Crippen LogP contribution in [0.2, 0.25) is 0 Å². The van der Waals surface area contributed by atoms with E-state index in [0.29, 0.717) is 17.9 Å². The maximum Gasteiger partial charge on any atom is 0.394 e. The summed E-state index contributed by atoms with van der Waals surface area (Å²) in [4.78, 5) is 0.317. The number of rotatable bonds is 2. The molecule has 4 rings (SSSR count). The molecule has 8 nitrogen and oxygen atoms in total. The zero-order chi connectivity index (χ0) is 23.8. The van der Waals surface area contributed by atoms with Crippen molar-refractivity contribution in [1.29, 1.82) is 0 Å². The Labute approximate surface area is 189 Å². The predicted octanol–water partition coefficient (Wildman–Crippen LogP) is 3.41. The highest BCUT2D eigenvalue weighted by Crippen LogP contribution is 2.53. The van der Waals surface area contributed by atoms with Crippen molar-refractivity contribution < 1.29 is 31.0 Å². The normalized spacial score (nSPS) is 25.6.